The zero-order valence-corrected chi connectivity index (χ0v) is 14.5. The molecule has 0 radical (unpaired) electrons. The standard InChI is InChI=1S/C17H18ClN3OS/c1-11(2)16(12-3-5-14(18)6-4-12)20-10-15(22)21-17-13(9-19)7-8-23-17/h3-8,11,16,20H,10H2,1-2H3,(H,21,22). The smallest absolute Gasteiger partial charge is 0.238 e. The van der Waals surface area contributed by atoms with Crippen LogP contribution in [0.2, 0.25) is 5.02 Å². The highest BCUT2D eigenvalue weighted by Crippen LogP contribution is 2.24. The average Bonchev–Trinajstić information content (AvgIpc) is 2.96. The summed E-state index contributed by atoms with van der Waals surface area (Å²) >= 11 is 7.27. The van der Waals surface area contributed by atoms with Crippen molar-refractivity contribution in [3.05, 3.63) is 51.9 Å². The lowest BCUT2D eigenvalue weighted by molar-refractivity contribution is -0.115. The Kier molecular flexibility index (Phi) is 6.17. The third kappa shape index (κ3) is 4.80. The van der Waals surface area contributed by atoms with E-state index in [1.165, 1.54) is 11.3 Å². The average molecular weight is 348 g/mol. The Morgan fingerprint density at radius 3 is 2.61 bits per heavy atom. The summed E-state index contributed by atoms with van der Waals surface area (Å²) in [7, 11) is 0. The van der Waals surface area contributed by atoms with E-state index >= 15 is 0 Å². The molecule has 2 rings (SSSR count). The van der Waals surface area contributed by atoms with Gasteiger partial charge in [0.25, 0.3) is 0 Å². The van der Waals surface area contributed by atoms with E-state index in [1.807, 2.05) is 24.3 Å². The second-order valence-electron chi connectivity index (χ2n) is 5.48. The van der Waals surface area contributed by atoms with Gasteiger partial charge in [0.05, 0.1) is 12.1 Å². The number of carbonyl (C=O) groups excluding carboxylic acids is 1. The summed E-state index contributed by atoms with van der Waals surface area (Å²) in [6.45, 7) is 4.36. The van der Waals surface area contributed by atoms with Crippen LogP contribution in [0.3, 0.4) is 0 Å². The van der Waals surface area contributed by atoms with Crippen LogP contribution in [0.15, 0.2) is 35.7 Å². The molecule has 0 saturated carbocycles. The highest BCUT2D eigenvalue weighted by molar-refractivity contribution is 7.14. The number of thiophene rings is 1. The van der Waals surface area contributed by atoms with E-state index < -0.39 is 0 Å². The second kappa shape index (κ2) is 8.11. The van der Waals surface area contributed by atoms with Crippen LogP contribution >= 0.6 is 22.9 Å². The molecule has 6 heteroatoms. The molecule has 0 aliphatic heterocycles. The number of benzene rings is 1. The summed E-state index contributed by atoms with van der Waals surface area (Å²) in [5.74, 6) is 0.156. The number of nitriles is 1. The van der Waals surface area contributed by atoms with Gasteiger partial charge in [-0.25, -0.2) is 0 Å². The zero-order valence-electron chi connectivity index (χ0n) is 13.0. The molecule has 1 amide bonds. The lowest BCUT2D eigenvalue weighted by Gasteiger charge is -2.22. The molecule has 23 heavy (non-hydrogen) atoms. The van der Waals surface area contributed by atoms with Gasteiger partial charge < -0.3 is 10.6 Å². The van der Waals surface area contributed by atoms with Crippen LogP contribution in [-0.2, 0) is 4.79 Å². The van der Waals surface area contributed by atoms with Gasteiger partial charge in [-0.05, 0) is 35.1 Å². The fourth-order valence-electron chi connectivity index (χ4n) is 2.28. The van der Waals surface area contributed by atoms with E-state index in [2.05, 4.69) is 30.6 Å². The number of hydrogen-bond acceptors (Lipinski definition) is 4. The first-order valence-corrected chi connectivity index (χ1v) is 8.53. The molecule has 0 fully saturated rings. The number of anilines is 1. The Bertz CT molecular complexity index is 703. The lowest BCUT2D eigenvalue weighted by Crippen LogP contribution is -2.33. The molecule has 2 N–H and O–H groups in total. The minimum atomic E-state index is -0.163. The molecule has 0 bridgehead atoms. The van der Waals surface area contributed by atoms with Crippen molar-refractivity contribution in [3.63, 3.8) is 0 Å². The quantitative estimate of drug-likeness (QED) is 0.823. The Labute approximate surface area is 145 Å². The monoisotopic (exact) mass is 347 g/mol. The van der Waals surface area contributed by atoms with Gasteiger partial charge in [0.1, 0.15) is 11.1 Å². The summed E-state index contributed by atoms with van der Waals surface area (Å²) in [5.41, 5.74) is 1.58. The van der Waals surface area contributed by atoms with E-state index in [1.54, 1.807) is 11.4 Å². The van der Waals surface area contributed by atoms with E-state index in [4.69, 9.17) is 16.9 Å². The first-order valence-electron chi connectivity index (χ1n) is 7.27. The van der Waals surface area contributed by atoms with Gasteiger partial charge in [-0.15, -0.1) is 11.3 Å². The largest absolute Gasteiger partial charge is 0.315 e. The van der Waals surface area contributed by atoms with E-state index in [-0.39, 0.29) is 18.5 Å². The Balaban J connectivity index is 1.97. The number of hydrogen-bond donors (Lipinski definition) is 2. The highest BCUT2D eigenvalue weighted by Gasteiger charge is 2.17. The Morgan fingerprint density at radius 2 is 2.00 bits per heavy atom. The number of rotatable bonds is 6. The molecule has 120 valence electrons. The van der Waals surface area contributed by atoms with Gasteiger partial charge in [0.15, 0.2) is 0 Å². The summed E-state index contributed by atoms with van der Waals surface area (Å²) in [6.07, 6.45) is 0. The molecule has 1 unspecified atom stereocenters. The van der Waals surface area contributed by atoms with Crippen molar-refractivity contribution < 1.29 is 4.79 Å². The number of carbonyl (C=O) groups is 1. The summed E-state index contributed by atoms with van der Waals surface area (Å²) < 4.78 is 0. The number of nitrogens with zero attached hydrogens (tertiary/aromatic N) is 1. The first kappa shape index (κ1) is 17.5. The predicted octanol–water partition coefficient (Wildman–Crippen LogP) is 4.20. The second-order valence-corrected chi connectivity index (χ2v) is 6.83. The van der Waals surface area contributed by atoms with Crippen LogP contribution in [-0.4, -0.2) is 12.5 Å². The molecule has 0 aliphatic rings. The van der Waals surface area contributed by atoms with Gasteiger partial charge in [0.2, 0.25) is 5.91 Å². The third-order valence-electron chi connectivity index (χ3n) is 3.42. The van der Waals surface area contributed by atoms with Gasteiger partial charge in [-0.2, -0.15) is 5.26 Å². The van der Waals surface area contributed by atoms with Crippen molar-refractivity contribution in [1.82, 2.24) is 5.32 Å². The molecule has 1 aromatic heterocycles. The molecule has 2 aromatic rings. The van der Waals surface area contributed by atoms with Crippen molar-refractivity contribution in [3.8, 4) is 6.07 Å². The van der Waals surface area contributed by atoms with Crippen molar-refractivity contribution in [2.24, 2.45) is 5.92 Å². The number of nitrogens with one attached hydrogen (secondary N) is 2. The minimum Gasteiger partial charge on any atom is -0.315 e. The molecule has 1 aromatic carbocycles. The maximum absolute atomic E-state index is 12.1. The molecule has 0 spiro atoms. The molecular formula is C17H18ClN3OS. The van der Waals surface area contributed by atoms with Crippen LogP contribution < -0.4 is 10.6 Å². The highest BCUT2D eigenvalue weighted by atomic mass is 35.5. The maximum Gasteiger partial charge on any atom is 0.238 e. The Morgan fingerprint density at radius 1 is 1.30 bits per heavy atom. The van der Waals surface area contributed by atoms with Gasteiger partial charge in [-0.1, -0.05) is 37.6 Å². The van der Waals surface area contributed by atoms with Crippen molar-refractivity contribution in [2.45, 2.75) is 19.9 Å². The lowest BCUT2D eigenvalue weighted by atomic mass is 9.96. The molecule has 0 saturated heterocycles. The maximum atomic E-state index is 12.1. The van der Waals surface area contributed by atoms with Crippen molar-refractivity contribution in [1.29, 1.82) is 5.26 Å². The van der Waals surface area contributed by atoms with Crippen LogP contribution in [0.1, 0.15) is 31.0 Å². The number of halogens is 1. The third-order valence-corrected chi connectivity index (χ3v) is 4.50. The van der Waals surface area contributed by atoms with Crippen LogP contribution in [0.4, 0.5) is 5.00 Å². The summed E-state index contributed by atoms with van der Waals surface area (Å²) in [4.78, 5) is 12.1. The molecule has 1 atom stereocenters. The molecular weight excluding hydrogens is 330 g/mol. The van der Waals surface area contributed by atoms with Gasteiger partial charge in [-0.3, -0.25) is 4.79 Å². The van der Waals surface area contributed by atoms with Gasteiger partial charge in [0, 0.05) is 11.1 Å². The predicted molar refractivity (Wildman–Crippen MR) is 94.7 cm³/mol. The summed E-state index contributed by atoms with van der Waals surface area (Å²) in [6, 6.07) is 11.4. The molecule has 1 heterocycles. The normalized spacial score (nSPS) is 12.0. The Hall–Kier alpha value is -1.87. The van der Waals surface area contributed by atoms with E-state index in [0.717, 1.165) is 5.56 Å². The SMILES string of the molecule is CC(C)C(NCC(=O)Nc1sccc1C#N)c1ccc(Cl)cc1. The molecule has 4 nitrogen and oxygen atoms in total. The summed E-state index contributed by atoms with van der Waals surface area (Å²) in [5, 5.41) is 18.1. The fourth-order valence-corrected chi connectivity index (χ4v) is 3.16. The minimum absolute atomic E-state index is 0.0526. The fraction of sp³-hybridized carbons (Fsp3) is 0.294. The topological polar surface area (TPSA) is 64.9 Å². The zero-order chi connectivity index (χ0) is 16.8. The first-order chi connectivity index (χ1) is 11.0. The van der Waals surface area contributed by atoms with Crippen LogP contribution in [0.25, 0.3) is 0 Å². The van der Waals surface area contributed by atoms with Crippen molar-refractivity contribution in [2.75, 3.05) is 11.9 Å². The molecule has 0 aliphatic carbocycles. The van der Waals surface area contributed by atoms with E-state index in [9.17, 15) is 4.79 Å². The van der Waals surface area contributed by atoms with Crippen LogP contribution in [0.5, 0.6) is 0 Å². The van der Waals surface area contributed by atoms with Crippen molar-refractivity contribution >= 4 is 33.8 Å². The van der Waals surface area contributed by atoms with Gasteiger partial charge >= 0.3 is 0 Å². The van der Waals surface area contributed by atoms with Crippen LogP contribution in [0, 0.1) is 17.2 Å². The van der Waals surface area contributed by atoms with E-state index in [0.29, 0.717) is 21.5 Å². The number of amides is 1.